The predicted octanol–water partition coefficient (Wildman–Crippen LogP) is 1.22. The van der Waals surface area contributed by atoms with E-state index in [1.165, 1.54) is 25.7 Å². The minimum atomic E-state index is 0.777. The lowest BCUT2D eigenvalue weighted by atomic mass is 9.91. The maximum absolute atomic E-state index is 3.45. The first-order valence-corrected chi connectivity index (χ1v) is 6.29. The molecule has 4 atom stereocenters. The Morgan fingerprint density at radius 3 is 1.69 bits per heavy atom. The van der Waals surface area contributed by atoms with Gasteiger partial charge in [-0.15, -0.1) is 0 Å². The molecular formula is C10H20N2S. The third-order valence-electron chi connectivity index (χ3n) is 3.51. The van der Waals surface area contributed by atoms with Crippen LogP contribution in [0.2, 0.25) is 0 Å². The van der Waals surface area contributed by atoms with Crippen molar-refractivity contribution in [3.05, 3.63) is 0 Å². The topological polar surface area (TPSA) is 24.1 Å². The number of rotatable bonds is 2. The van der Waals surface area contributed by atoms with Gasteiger partial charge in [-0.3, -0.25) is 0 Å². The predicted molar refractivity (Wildman–Crippen MR) is 59.3 cm³/mol. The van der Waals surface area contributed by atoms with Crippen LogP contribution in [-0.4, -0.2) is 36.7 Å². The molecule has 2 aliphatic rings. The summed E-state index contributed by atoms with van der Waals surface area (Å²) in [5, 5.41) is 8.67. The van der Waals surface area contributed by atoms with E-state index in [1.807, 2.05) is 0 Å². The quantitative estimate of drug-likeness (QED) is 0.701. The summed E-state index contributed by atoms with van der Waals surface area (Å²) in [5.41, 5.74) is 0. The fourth-order valence-electron chi connectivity index (χ4n) is 2.67. The van der Waals surface area contributed by atoms with Crippen LogP contribution in [0.4, 0.5) is 0 Å². The zero-order chi connectivity index (χ0) is 9.26. The summed E-state index contributed by atoms with van der Waals surface area (Å²) in [6.07, 6.45) is 5.52. The molecule has 2 fully saturated rings. The van der Waals surface area contributed by atoms with Crippen molar-refractivity contribution in [3.63, 3.8) is 0 Å². The van der Waals surface area contributed by atoms with Crippen molar-refractivity contribution in [1.29, 1.82) is 0 Å². The molecule has 2 N–H and O–H groups in total. The summed E-state index contributed by atoms with van der Waals surface area (Å²) in [6, 6.07) is 1.55. The smallest absolute Gasteiger partial charge is 0.0205 e. The van der Waals surface area contributed by atoms with Gasteiger partial charge >= 0.3 is 0 Å². The van der Waals surface area contributed by atoms with Crippen LogP contribution in [0.5, 0.6) is 0 Å². The third-order valence-corrected chi connectivity index (χ3v) is 5.34. The van der Waals surface area contributed by atoms with E-state index in [0.717, 1.165) is 22.6 Å². The normalized spacial score (nSPS) is 44.8. The lowest BCUT2D eigenvalue weighted by Crippen LogP contribution is -2.50. The number of nitrogens with one attached hydrogen (secondary N) is 2. The van der Waals surface area contributed by atoms with E-state index in [0.29, 0.717) is 0 Å². The Labute approximate surface area is 85.2 Å². The van der Waals surface area contributed by atoms with E-state index >= 15 is 0 Å². The molecule has 2 heterocycles. The highest BCUT2D eigenvalue weighted by atomic mass is 32.2. The molecule has 2 bridgehead atoms. The molecule has 2 nitrogen and oxygen atoms in total. The summed E-state index contributed by atoms with van der Waals surface area (Å²) in [6.45, 7) is 0. The van der Waals surface area contributed by atoms with Crippen molar-refractivity contribution < 1.29 is 0 Å². The number of thioether (sulfide) groups is 1. The van der Waals surface area contributed by atoms with Gasteiger partial charge < -0.3 is 10.6 Å². The summed E-state index contributed by atoms with van der Waals surface area (Å²) < 4.78 is 0. The largest absolute Gasteiger partial charge is 0.316 e. The Hall–Kier alpha value is 0.270. The molecule has 2 rings (SSSR count). The van der Waals surface area contributed by atoms with E-state index in [2.05, 4.69) is 36.5 Å². The summed E-state index contributed by atoms with van der Waals surface area (Å²) in [5.74, 6) is 0. The second-order valence-corrected chi connectivity index (χ2v) is 5.64. The van der Waals surface area contributed by atoms with Crippen molar-refractivity contribution in [3.8, 4) is 0 Å². The monoisotopic (exact) mass is 200 g/mol. The summed E-state index contributed by atoms with van der Waals surface area (Å²) in [7, 11) is 4.21. The third kappa shape index (κ3) is 1.88. The molecule has 0 aromatic rings. The van der Waals surface area contributed by atoms with Crippen LogP contribution in [0.3, 0.4) is 0 Å². The lowest BCUT2D eigenvalue weighted by molar-refractivity contribution is 0.352. The first-order chi connectivity index (χ1) is 6.35. The van der Waals surface area contributed by atoms with Crippen LogP contribution in [-0.2, 0) is 0 Å². The van der Waals surface area contributed by atoms with Gasteiger partial charge in [-0.2, -0.15) is 11.8 Å². The number of hydrogen-bond donors (Lipinski definition) is 2. The molecule has 0 aromatic heterocycles. The SMILES string of the molecule is CN[C@@H]1CC[C@H]2S[C@@H]1CC[C@H]2NC. The fraction of sp³-hybridized carbons (Fsp3) is 1.00. The molecule has 0 spiro atoms. The van der Waals surface area contributed by atoms with Gasteiger partial charge in [-0.05, 0) is 39.8 Å². The second kappa shape index (κ2) is 4.20. The molecule has 0 saturated carbocycles. The highest BCUT2D eigenvalue weighted by molar-refractivity contribution is 8.00. The van der Waals surface area contributed by atoms with Gasteiger partial charge in [0.25, 0.3) is 0 Å². The zero-order valence-electron chi connectivity index (χ0n) is 8.55. The van der Waals surface area contributed by atoms with E-state index in [-0.39, 0.29) is 0 Å². The minimum Gasteiger partial charge on any atom is -0.316 e. The van der Waals surface area contributed by atoms with Crippen LogP contribution in [0, 0.1) is 0 Å². The second-order valence-electron chi connectivity index (χ2n) is 4.16. The molecule has 2 saturated heterocycles. The van der Waals surface area contributed by atoms with Crippen LogP contribution in [0.25, 0.3) is 0 Å². The number of hydrogen-bond acceptors (Lipinski definition) is 3. The Morgan fingerprint density at radius 1 is 0.846 bits per heavy atom. The van der Waals surface area contributed by atoms with Crippen molar-refractivity contribution >= 4 is 11.8 Å². The van der Waals surface area contributed by atoms with Crippen molar-refractivity contribution in [2.45, 2.75) is 48.3 Å². The Balaban J connectivity index is 1.96. The number of fused-ring (bicyclic) bond motifs is 2. The van der Waals surface area contributed by atoms with Gasteiger partial charge in [0.05, 0.1) is 0 Å². The lowest BCUT2D eigenvalue weighted by Gasteiger charge is -2.43. The average Bonchev–Trinajstić information content (AvgIpc) is 2.19. The Kier molecular flexibility index (Phi) is 3.17. The first-order valence-electron chi connectivity index (χ1n) is 5.35. The van der Waals surface area contributed by atoms with Gasteiger partial charge in [0, 0.05) is 22.6 Å². The van der Waals surface area contributed by atoms with Gasteiger partial charge in [0.1, 0.15) is 0 Å². The fourth-order valence-corrected chi connectivity index (χ4v) is 4.59. The highest BCUT2D eigenvalue weighted by Gasteiger charge is 2.37. The first kappa shape index (κ1) is 9.81. The molecular weight excluding hydrogens is 180 g/mol. The molecule has 13 heavy (non-hydrogen) atoms. The Bertz CT molecular complexity index is 156. The van der Waals surface area contributed by atoms with Crippen LogP contribution in [0.1, 0.15) is 25.7 Å². The highest BCUT2D eigenvalue weighted by Crippen LogP contribution is 2.41. The molecule has 0 aliphatic carbocycles. The van der Waals surface area contributed by atoms with Gasteiger partial charge in [-0.1, -0.05) is 0 Å². The van der Waals surface area contributed by atoms with Crippen molar-refractivity contribution in [2.75, 3.05) is 14.1 Å². The molecule has 0 radical (unpaired) electrons. The molecule has 0 unspecified atom stereocenters. The van der Waals surface area contributed by atoms with E-state index < -0.39 is 0 Å². The van der Waals surface area contributed by atoms with Gasteiger partial charge in [0.2, 0.25) is 0 Å². The minimum absolute atomic E-state index is 0.777. The van der Waals surface area contributed by atoms with Gasteiger partial charge in [-0.25, -0.2) is 0 Å². The molecule has 2 aliphatic heterocycles. The standard InChI is InChI=1S/C10H20N2S/c1-11-7-3-5-10-8(12-2)4-6-9(7)13-10/h7-12H,3-6H2,1-2H3/t7-,8-,9-,10-/m1/s1. The molecule has 0 aromatic carbocycles. The van der Waals surface area contributed by atoms with Gasteiger partial charge in [0.15, 0.2) is 0 Å². The maximum atomic E-state index is 3.45. The van der Waals surface area contributed by atoms with E-state index in [9.17, 15) is 0 Å². The van der Waals surface area contributed by atoms with Crippen LogP contribution in [0.15, 0.2) is 0 Å². The van der Waals surface area contributed by atoms with E-state index in [4.69, 9.17) is 0 Å². The summed E-state index contributed by atoms with van der Waals surface area (Å²) >= 11 is 2.21. The average molecular weight is 200 g/mol. The molecule has 0 amide bonds. The zero-order valence-corrected chi connectivity index (χ0v) is 9.36. The molecule has 76 valence electrons. The van der Waals surface area contributed by atoms with Crippen molar-refractivity contribution in [2.24, 2.45) is 0 Å². The van der Waals surface area contributed by atoms with Crippen molar-refractivity contribution in [1.82, 2.24) is 10.6 Å². The Morgan fingerprint density at radius 2 is 1.31 bits per heavy atom. The van der Waals surface area contributed by atoms with E-state index in [1.54, 1.807) is 0 Å². The van der Waals surface area contributed by atoms with Crippen LogP contribution < -0.4 is 10.6 Å². The summed E-state index contributed by atoms with van der Waals surface area (Å²) in [4.78, 5) is 0. The van der Waals surface area contributed by atoms with Crippen LogP contribution >= 0.6 is 11.8 Å². The maximum Gasteiger partial charge on any atom is 0.0205 e. The molecule has 3 heteroatoms.